The van der Waals surface area contributed by atoms with Gasteiger partial charge >= 0.3 is 0 Å². The zero-order valence-electron chi connectivity index (χ0n) is 19.6. The predicted octanol–water partition coefficient (Wildman–Crippen LogP) is 5.61. The van der Waals surface area contributed by atoms with Gasteiger partial charge in [-0.2, -0.15) is 0 Å². The molecular formula is C27H28ClN3O4. The highest BCUT2D eigenvalue weighted by Gasteiger charge is 2.18. The Morgan fingerprint density at radius 1 is 0.914 bits per heavy atom. The molecule has 3 aromatic rings. The number of anilines is 3. The highest BCUT2D eigenvalue weighted by Crippen LogP contribution is 2.30. The number of ether oxygens (including phenoxy) is 2. The Kier molecular flexibility index (Phi) is 8.11. The number of halogens is 1. The minimum Gasteiger partial charge on any atom is -0.495 e. The van der Waals surface area contributed by atoms with Crippen molar-refractivity contribution in [3.63, 3.8) is 0 Å². The van der Waals surface area contributed by atoms with E-state index in [2.05, 4.69) is 15.5 Å². The molecule has 1 aliphatic rings. The fraction of sp³-hybridized carbons (Fsp3) is 0.259. The van der Waals surface area contributed by atoms with E-state index in [4.69, 9.17) is 21.1 Å². The van der Waals surface area contributed by atoms with Crippen LogP contribution in [0.3, 0.4) is 0 Å². The summed E-state index contributed by atoms with van der Waals surface area (Å²) in [5, 5.41) is 6.14. The van der Waals surface area contributed by atoms with Crippen molar-refractivity contribution >= 4 is 40.5 Å². The minimum atomic E-state index is -0.378. The Morgan fingerprint density at radius 3 is 2.43 bits per heavy atom. The summed E-state index contributed by atoms with van der Waals surface area (Å²) in [5.74, 6) is 0.162. The van der Waals surface area contributed by atoms with Crippen LogP contribution in [0.15, 0.2) is 66.7 Å². The zero-order chi connectivity index (χ0) is 24.6. The van der Waals surface area contributed by atoms with Gasteiger partial charge in [0.25, 0.3) is 11.8 Å². The second-order valence-electron chi connectivity index (χ2n) is 8.20. The van der Waals surface area contributed by atoms with Gasteiger partial charge < -0.3 is 25.0 Å². The molecule has 1 fully saturated rings. The van der Waals surface area contributed by atoms with Crippen molar-refractivity contribution in [3.05, 3.63) is 77.3 Å². The van der Waals surface area contributed by atoms with E-state index in [-0.39, 0.29) is 18.4 Å². The molecule has 0 unspecified atom stereocenters. The molecule has 1 aliphatic heterocycles. The van der Waals surface area contributed by atoms with E-state index < -0.39 is 0 Å². The van der Waals surface area contributed by atoms with Gasteiger partial charge in [-0.15, -0.1) is 0 Å². The molecule has 1 heterocycles. The number of para-hydroxylation sites is 3. The Hall–Kier alpha value is -3.71. The van der Waals surface area contributed by atoms with Gasteiger partial charge in [0.15, 0.2) is 6.61 Å². The van der Waals surface area contributed by atoms with Crippen LogP contribution in [0.4, 0.5) is 17.1 Å². The zero-order valence-corrected chi connectivity index (χ0v) is 20.3. The number of hydrogen-bond acceptors (Lipinski definition) is 5. The Labute approximate surface area is 210 Å². The average Bonchev–Trinajstić information content (AvgIpc) is 2.88. The lowest BCUT2D eigenvalue weighted by Gasteiger charge is -2.30. The highest BCUT2D eigenvalue weighted by atomic mass is 35.5. The second-order valence-corrected chi connectivity index (χ2v) is 8.61. The molecule has 0 aromatic heterocycles. The van der Waals surface area contributed by atoms with Crippen molar-refractivity contribution in [1.82, 2.24) is 0 Å². The molecule has 182 valence electrons. The Morgan fingerprint density at radius 2 is 1.66 bits per heavy atom. The Balaban J connectivity index is 1.41. The number of methoxy groups -OCH3 is 1. The van der Waals surface area contributed by atoms with Gasteiger partial charge in [-0.25, -0.2) is 0 Å². The quantitative estimate of drug-likeness (QED) is 0.426. The van der Waals surface area contributed by atoms with Gasteiger partial charge in [0.05, 0.1) is 29.1 Å². The summed E-state index contributed by atoms with van der Waals surface area (Å²) < 4.78 is 10.8. The number of amides is 2. The third-order valence-corrected chi connectivity index (χ3v) is 6.07. The van der Waals surface area contributed by atoms with Crippen LogP contribution in [0.1, 0.15) is 29.6 Å². The number of hydrogen-bond donors (Lipinski definition) is 2. The average molecular weight is 494 g/mol. The van der Waals surface area contributed by atoms with Gasteiger partial charge in [0, 0.05) is 18.8 Å². The molecule has 2 N–H and O–H groups in total. The SMILES string of the molecule is COc1ccc(NC(=O)COc2ccccc2C(=O)Nc2ccccc2N2CCCCC2)cc1Cl. The first-order chi connectivity index (χ1) is 17.0. The molecule has 0 spiro atoms. The number of carbonyl (C=O) groups is 2. The minimum absolute atomic E-state index is 0.266. The third-order valence-electron chi connectivity index (χ3n) is 5.78. The summed E-state index contributed by atoms with van der Waals surface area (Å²) in [7, 11) is 1.52. The van der Waals surface area contributed by atoms with Crippen LogP contribution < -0.4 is 25.0 Å². The molecule has 1 saturated heterocycles. The van der Waals surface area contributed by atoms with E-state index in [1.807, 2.05) is 24.3 Å². The number of rotatable bonds is 8. The maximum Gasteiger partial charge on any atom is 0.262 e. The fourth-order valence-corrected chi connectivity index (χ4v) is 4.30. The lowest BCUT2D eigenvalue weighted by Crippen LogP contribution is -2.30. The number of carbonyl (C=O) groups excluding carboxylic acids is 2. The molecule has 0 saturated carbocycles. The fourth-order valence-electron chi connectivity index (χ4n) is 4.04. The van der Waals surface area contributed by atoms with Crippen LogP contribution in [0.5, 0.6) is 11.5 Å². The normalized spacial score (nSPS) is 13.1. The maximum absolute atomic E-state index is 13.2. The van der Waals surface area contributed by atoms with Gasteiger partial charge in [0.2, 0.25) is 0 Å². The summed E-state index contributed by atoms with van der Waals surface area (Å²) in [4.78, 5) is 27.9. The number of nitrogens with zero attached hydrogens (tertiary/aromatic N) is 1. The number of piperidine rings is 1. The van der Waals surface area contributed by atoms with Crippen molar-refractivity contribution in [1.29, 1.82) is 0 Å². The van der Waals surface area contributed by atoms with Gasteiger partial charge in [-0.1, -0.05) is 35.9 Å². The summed E-state index contributed by atoms with van der Waals surface area (Å²) in [6.07, 6.45) is 3.52. The van der Waals surface area contributed by atoms with Crippen LogP contribution in [-0.2, 0) is 4.79 Å². The molecule has 0 aliphatic carbocycles. The summed E-state index contributed by atoms with van der Waals surface area (Å²) in [6, 6.07) is 19.6. The largest absolute Gasteiger partial charge is 0.495 e. The van der Waals surface area contributed by atoms with E-state index in [9.17, 15) is 9.59 Å². The molecule has 7 nitrogen and oxygen atoms in total. The predicted molar refractivity (Wildman–Crippen MR) is 139 cm³/mol. The lowest BCUT2D eigenvalue weighted by atomic mass is 10.1. The lowest BCUT2D eigenvalue weighted by molar-refractivity contribution is -0.118. The number of nitrogens with one attached hydrogen (secondary N) is 2. The van der Waals surface area contributed by atoms with Crippen LogP contribution in [0.25, 0.3) is 0 Å². The first-order valence-electron chi connectivity index (χ1n) is 11.6. The molecule has 8 heteroatoms. The number of benzene rings is 3. The van der Waals surface area contributed by atoms with Gasteiger partial charge in [-0.05, 0) is 61.7 Å². The Bertz CT molecular complexity index is 1190. The van der Waals surface area contributed by atoms with Crippen molar-refractivity contribution in [2.24, 2.45) is 0 Å². The molecule has 3 aromatic carbocycles. The second kappa shape index (κ2) is 11.6. The monoisotopic (exact) mass is 493 g/mol. The van der Waals surface area contributed by atoms with Gasteiger partial charge in [0.1, 0.15) is 11.5 Å². The summed E-state index contributed by atoms with van der Waals surface area (Å²) >= 11 is 6.11. The summed E-state index contributed by atoms with van der Waals surface area (Å²) in [6.45, 7) is 1.68. The highest BCUT2D eigenvalue weighted by molar-refractivity contribution is 6.32. The molecule has 2 amide bonds. The van der Waals surface area contributed by atoms with Gasteiger partial charge in [-0.3, -0.25) is 9.59 Å². The van der Waals surface area contributed by atoms with Crippen LogP contribution in [-0.4, -0.2) is 38.6 Å². The van der Waals surface area contributed by atoms with E-state index in [1.54, 1.807) is 42.5 Å². The standard InChI is InChI=1S/C27H28ClN3O4/c1-34-25-14-13-19(17-21(25)28)29-26(32)18-35-24-12-6-3-9-20(24)27(33)30-22-10-4-5-11-23(22)31-15-7-2-8-16-31/h3-6,9-14,17H,2,7-8,15-16,18H2,1H3,(H,29,32)(H,30,33). The van der Waals surface area contributed by atoms with E-state index in [1.165, 1.54) is 13.5 Å². The molecular weight excluding hydrogens is 466 g/mol. The molecule has 35 heavy (non-hydrogen) atoms. The molecule has 0 bridgehead atoms. The van der Waals surface area contributed by atoms with Crippen molar-refractivity contribution in [3.8, 4) is 11.5 Å². The third kappa shape index (κ3) is 6.25. The van der Waals surface area contributed by atoms with Crippen molar-refractivity contribution in [2.75, 3.05) is 42.3 Å². The topological polar surface area (TPSA) is 79.9 Å². The van der Waals surface area contributed by atoms with Crippen molar-refractivity contribution < 1.29 is 19.1 Å². The smallest absolute Gasteiger partial charge is 0.262 e. The van der Waals surface area contributed by atoms with E-state index >= 15 is 0 Å². The van der Waals surface area contributed by atoms with Crippen LogP contribution in [0.2, 0.25) is 5.02 Å². The molecule has 0 radical (unpaired) electrons. The molecule has 0 atom stereocenters. The van der Waals surface area contributed by atoms with Crippen LogP contribution >= 0.6 is 11.6 Å². The first-order valence-corrected chi connectivity index (χ1v) is 11.9. The maximum atomic E-state index is 13.2. The first kappa shape index (κ1) is 24.4. The summed E-state index contributed by atoms with van der Waals surface area (Å²) in [5.41, 5.74) is 2.63. The van der Waals surface area contributed by atoms with Crippen LogP contribution in [0, 0.1) is 0 Å². The molecule has 4 rings (SSSR count). The van der Waals surface area contributed by atoms with E-state index in [0.29, 0.717) is 27.8 Å². The van der Waals surface area contributed by atoms with Crippen molar-refractivity contribution in [2.45, 2.75) is 19.3 Å². The van der Waals surface area contributed by atoms with E-state index in [0.717, 1.165) is 37.3 Å².